The van der Waals surface area contributed by atoms with Crippen molar-refractivity contribution in [3.05, 3.63) is 29.8 Å². The van der Waals surface area contributed by atoms with Crippen LogP contribution >= 0.6 is 0 Å². The van der Waals surface area contributed by atoms with Gasteiger partial charge in [0.2, 0.25) is 5.91 Å². The number of hydrogen-bond donors (Lipinski definition) is 1. The van der Waals surface area contributed by atoms with E-state index in [1.54, 1.807) is 19.1 Å². The normalized spacial score (nSPS) is 22.0. The van der Waals surface area contributed by atoms with Crippen LogP contribution in [0.4, 0.5) is 5.69 Å². The van der Waals surface area contributed by atoms with Crippen molar-refractivity contribution in [2.75, 3.05) is 11.9 Å². The molecule has 1 saturated heterocycles. The number of hydrogen-bond acceptors (Lipinski definition) is 3. The molecule has 0 saturated carbocycles. The standard InChI is InChI=1S/C17H24N2O2/c1-12-5-4-6-13(2)19(12)17(21)11-18-16-9-7-15(8-10-16)14(3)20/h7-10,12-13,18H,4-6,11H2,1-3H3. The van der Waals surface area contributed by atoms with Gasteiger partial charge in [0.1, 0.15) is 0 Å². The highest BCUT2D eigenvalue weighted by Gasteiger charge is 2.28. The van der Waals surface area contributed by atoms with Crippen LogP contribution in [0.5, 0.6) is 0 Å². The molecule has 0 aliphatic carbocycles. The number of carbonyl (C=O) groups excluding carboxylic acids is 2. The van der Waals surface area contributed by atoms with Crippen molar-refractivity contribution in [1.29, 1.82) is 0 Å². The molecule has 1 amide bonds. The Balaban J connectivity index is 1.92. The van der Waals surface area contributed by atoms with E-state index in [1.165, 1.54) is 6.42 Å². The molecule has 1 heterocycles. The first-order valence-corrected chi connectivity index (χ1v) is 7.65. The molecule has 1 N–H and O–H groups in total. The zero-order valence-electron chi connectivity index (χ0n) is 13.1. The lowest BCUT2D eigenvalue weighted by molar-refractivity contribution is -0.135. The molecule has 0 bridgehead atoms. The summed E-state index contributed by atoms with van der Waals surface area (Å²) >= 11 is 0. The Morgan fingerprint density at radius 1 is 1.14 bits per heavy atom. The number of anilines is 1. The Labute approximate surface area is 126 Å². The molecule has 1 fully saturated rings. The molecule has 0 aromatic heterocycles. The fourth-order valence-corrected chi connectivity index (χ4v) is 3.00. The number of ketones is 1. The molecule has 2 unspecified atom stereocenters. The van der Waals surface area contributed by atoms with Crippen molar-refractivity contribution in [2.45, 2.75) is 52.1 Å². The van der Waals surface area contributed by atoms with Gasteiger partial charge >= 0.3 is 0 Å². The van der Waals surface area contributed by atoms with Gasteiger partial charge in [-0.15, -0.1) is 0 Å². The van der Waals surface area contributed by atoms with Crippen LogP contribution in [-0.2, 0) is 4.79 Å². The van der Waals surface area contributed by atoms with Crippen LogP contribution in [0.3, 0.4) is 0 Å². The Morgan fingerprint density at radius 2 is 1.71 bits per heavy atom. The van der Waals surface area contributed by atoms with E-state index in [1.807, 2.05) is 17.0 Å². The average Bonchev–Trinajstić information content (AvgIpc) is 2.45. The molecular formula is C17H24N2O2. The van der Waals surface area contributed by atoms with Crippen molar-refractivity contribution in [3.63, 3.8) is 0 Å². The van der Waals surface area contributed by atoms with E-state index in [0.29, 0.717) is 24.2 Å². The zero-order valence-corrected chi connectivity index (χ0v) is 13.1. The summed E-state index contributed by atoms with van der Waals surface area (Å²) in [5, 5.41) is 3.15. The van der Waals surface area contributed by atoms with E-state index in [-0.39, 0.29) is 11.7 Å². The lowest BCUT2D eigenvalue weighted by Gasteiger charge is -2.39. The van der Waals surface area contributed by atoms with Crippen LogP contribution in [0.15, 0.2) is 24.3 Å². The predicted molar refractivity (Wildman–Crippen MR) is 84.6 cm³/mol. The Kier molecular flexibility index (Phi) is 4.99. The number of amides is 1. The van der Waals surface area contributed by atoms with Crippen molar-refractivity contribution in [3.8, 4) is 0 Å². The molecule has 1 aromatic carbocycles. The van der Waals surface area contributed by atoms with E-state index < -0.39 is 0 Å². The van der Waals surface area contributed by atoms with Crippen LogP contribution in [-0.4, -0.2) is 35.2 Å². The van der Waals surface area contributed by atoms with Gasteiger partial charge in [-0.3, -0.25) is 9.59 Å². The van der Waals surface area contributed by atoms with Crippen LogP contribution in [0.2, 0.25) is 0 Å². The highest BCUT2D eigenvalue weighted by atomic mass is 16.2. The van der Waals surface area contributed by atoms with Crippen LogP contribution < -0.4 is 5.32 Å². The number of nitrogens with zero attached hydrogens (tertiary/aromatic N) is 1. The largest absolute Gasteiger partial charge is 0.376 e. The highest BCUT2D eigenvalue weighted by Crippen LogP contribution is 2.22. The quantitative estimate of drug-likeness (QED) is 0.866. The van der Waals surface area contributed by atoms with Gasteiger partial charge in [0.05, 0.1) is 6.54 Å². The number of piperidine rings is 1. The second kappa shape index (κ2) is 6.74. The summed E-state index contributed by atoms with van der Waals surface area (Å²) in [6, 6.07) is 7.88. The Morgan fingerprint density at radius 3 is 2.24 bits per heavy atom. The van der Waals surface area contributed by atoms with E-state index in [9.17, 15) is 9.59 Å². The minimum atomic E-state index is 0.0496. The van der Waals surface area contributed by atoms with Gasteiger partial charge in [0, 0.05) is 23.3 Å². The number of rotatable bonds is 4. The van der Waals surface area contributed by atoms with Gasteiger partial charge in [0.15, 0.2) is 5.78 Å². The monoisotopic (exact) mass is 288 g/mol. The van der Waals surface area contributed by atoms with Crippen molar-refractivity contribution < 1.29 is 9.59 Å². The molecule has 2 rings (SSSR count). The number of nitrogens with one attached hydrogen (secondary N) is 1. The van der Waals surface area contributed by atoms with Gasteiger partial charge < -0.3 is 10.2 Å². The molecule has 4 heteroatoms. The summed E-state index contributed by atoms with van der Waals surface area (Å²) in [6.45, 7) is 6.09. The maximum absolute atomic E-state index is 12.4. The fourth-order valence-electron chi connectivity index (χ4n) is 3.00. The van der Waals surface area contributed by atoms with E-state index in [2.05, 4.69) is 19.2 Å². The Bertz CT molecular complexity index is 500. The lowest BCUT2D eigenvalue weighted by atomic mass is 9.97. The number of benzene rings is 1. The van der Waals surface area contributed by atoms with Crippen LogP contribution in [0.25, 0.3) is 0 Å². The lowest BCUT2D eigenvalue weighted by Crippen LogP contribution is -2.49. The summed E-state index contributed by atoms with van der Waals surface area (Å²) in [6.07, 6.45) is 3.37. The minimum absolute atomic E-state index is 0.0496. The summed E-state index contributed by atoms with van der Waals surface area (Å²) in [5.41, 5.74) is 1.55. The Hall–Kier alpha value is -1.84. The van der Waals surface area contributed by atoms with Gasteiger partial charge in [-0.25, -0.2) is 0 Å². The molecule has 0 spiro atoms. The second-order valence-electron chi connectivity index (χ2n) is 5.92. The molecule has 1 aliphatic rings. The third kappa shape index (κ3) is 3.84. The molecular weight excluding hydrogens is 264 g/mol. The van der Waals surface area contributed by atoms with Crippen molar-refractivity contribution >= 4 is 17.4 Å². The maximum atomic E-state index is 12.4. The topological polar surface area (TPSA) is 49.4 Å². The van der Waals surface area contributed by atoms with E-state index >= 15 is 0 Å². The zero-order chi connectivity index (χ0) is 15.4. The van der Waals surface area contributed by atoms with Gasteiger partial charge in [-0.05, 0) is 64.3 Å². The summed E-state index contributed by atoms with van der Waals surface area (Å²) in [5.74, 6) is 0.193. The maximum Gasteiger partial charge on any atom is 0.242 e. The van der Waals surface area contributed by atoms with Crippen molar-refractivity contribution in [2.24, 2.45) is 0 Å². The molecule has 1 aliphatic heterocycles. The first-order chi connectivity index (χ1) is 9.99. The molecule has 2 atom stereocenters. The number of Topliss-reactive ketones (excluding diaryl/α,β-unsaturated/α-hetero) is 1. The smallest absolute Gasteiger partial charge is 0.242 e. The first kappa shape index (κ1) is 15.5. The molecule has 0 radical (unpaired) electrons. The highest BCUT2D eigenvalue weighted by molar-refractivity contribution is 5.94. The summed E-state index contributed by atoms with van der Waals surface area (Å²) < 4.78 is 0. The summed E-state index contributed by atoms with van der Waals surface area (Å²) in [7, 11) is 0. The average molecular weight is 288 g/mol. The third-order valence-electron chi connectivity index (χ3n) is 4.22. The van der Waals surface area contributed by atoms with E-state index in [0.717, 1.165) is 18.5 Å². The number of likely N-dealkylation sites (tertiary alicyclic amines) is 1. The van der Waals surface area contributed by atoms with Gasteiger partial charge in [-0.1, -0.05) is 0 Å². The SMILES string of the molecule is CC(=O)c1ccc(NCC(=O)N2C(C)CCCC2C)cc1. The predicted octanol–water partition coefficient (Wildman–Crippen LogP) is 3.09. The molecule has 1 aromatic rings. The molecule has 4 nitrogen and oxygen atoms in total. The molecule has 21 heavy (non-hydrogen) atoms. The second-order valence-corrected chi connectivity index (χ2v) is 5.92. The minimum Gasteiger partial charge on any atom is -0.376 e. The number of carbonyl (C=O) groups is 2. The van der Waals surface area contributed by atoms with Crippen LogP contribution in [0, 0.1) is 0 Å². The van der Waals surface area contributed by atoms with Crippen molar-refractivity contribution in [1.82, 2.24) is 4.90 Å². The van der Waals surface area contributed by atoms with Gasteiger partial charge in [-0.2, -0.15) is 0 Å². The summed E-state index contributed by atoms with van der Waals surface area (Å²) in [4.78, 5) is 25.6. The van der Waals surface area contributed by atoms with Crippen LogP contribution in [0.1, 0.15) is 50.4 Å². The first-order valence-electron chi connectivity index (χ1n) is 7.65. The third-order valence-corrected chi connectivity index (χ3v) is 4.22. The van der Waals surface area contributed by atoms with E-state index in [4.69, 9.17) is 0 Å². The van der Waals surface area contributed by atoms with Gasteiger partial charge in [0.25, 0.3) is 0 Å². The molecule has 114 valence electrons. The fraction of sp³-hybridized carbons (Fsp3) is 0.529.